The van der Waals surface area contributed by atoms with Crippen LogP contribution in [0.15, 0.2) is 41.3 Å². The molecule has 1 amide bonds. The lowest BCUT2D eigenvalue weighted by Crippen LogP contribution is -2.25. The van der Waals surface area contributed by atoms with Crippen LogP contribution in [0.1, 0.15) is 32.6 Å². The number of nitrogens with zero attached hydrogens (tertiary/aromatic N) is 1. The highest BCUT2D eigenvalue weighted by molar-refractivity contribution is 7.89. The van der Waals surface area contributed by atoms with E-state index in [4.69, 9.17) is 5.26 Å². The van der Waals surface area contributed by atoms with Crippen LogP contribution >= 0.6 is 0 Å². The highest BCUT2D eigenvalue weighted by Crippen LogP contribution is 2.21. The van der Waals surface area contributed by atoms with Crippen molar-refractivity contribution < 1.29 is 13.2 Å². The third kappa shape index (κ3) is 4.24. The Labute approximate surface area is 147 Å². The summed E-state index contributed by atoms with van der Waals surface area (Å²) in [7, 11) is -2.32. The van der Waals surface area contributed by atoms with Gasteiger partial charge in [-0.15, -0.1) is 0 Å². The third-order valence-corrected chi connectivity index (χ3v) is 5.49. The van der Waals surface area contributed by atoms with E-state index in [1.807, 2.05) is 6.07 Å². The summed E-state index contributed by atoms with van der Waals surface area (Å²) in [6, 6.07) is 12.0. The van der Waals surface area contributed by atoms with E-state index in [-0.39, 0.29) is 22.9 Å². The number of rotatable bonds is 5. The Kier molecular flexibility index (Phi) is 5.57. The van der Waals surface area contributed by atoms with E-state index in [0.29, 0.717) is 16.7 Å². The number of carbonyl (C=O) groups excluding carboxylic acids is 1. The molecule has 0 aliphatic heterocycles. The number of benzene rings is 2. The summed E-state index contributed by atoms with van der Waals surface area (Å²) >= 11 is 0. The van der Waals surface area contributed by atoms with Gasteiger partial charge in [-0.3, -0.25) is 4.79 Å². The first-order valence-corrected chi connectivity index (χ1v) is 9.09. The Morgan fingerprint density at radius 1 is 1.20 bits per heavy atom. The molecule has 0 unspecified atom stereocenters. The molecular formula is C18H19N3O3S. The van der Waals surface area contributed by atoms with Crippen molar-refractivity contribution in [2.24, 2.45) is 0 Å². The molecule has 0 spiro atoms. The maximum atomic E-state index is 12.4. The van der Waals surface area contributed by atoms with Gasteiger partial charge in [0.25, 0.3) is 5.91 Å². The van der Waals surface area contributed by atoms with Gasteiger partial charge in [-0.1, -0.05) is 12.1 Å². The maximum absolute atomic E-state index is 12.4. The Morgan fingerprint density at radius 2 is 1.92 bits per heavy atom. The van der Waals surface area contributed by atoms with Gasteiger partial charge in [0, 0.05) is 12.1 Å². The van der Waals surface area contributed by atoms with Crippen LogP contribution < -0.4 is 10.0 Å². The van der Waals surface area contributed by atoms with E-state index < -0.39 is 10.0 Å². The molecule has 0 aliphatic carbocycles. The first kappa shape index (κ1) is 18.6. The number of carbonyl (C=O) groups is 1. The number of nitriles is 1. The van der Waals surface area contributed by atoms with Gasteiger partial charge in [-0.2, -0.15) is 5.26 Å². The molecule has 0 saturated carbocycles. The minimum absolute atomic E-state index is 0.0895. The summed E-state index contributed by atoms with van der Waals surface area (Å²) in [6.07, 6.45) is 0. The first-order valence-electron chi connectivity index (χ1n) is 7.60. The zero-order chi connectivity index (χ0) is 18.6. The summed E-state index contributed by atoms with van der Waals surface area (Å²) in [4.78, 5) is 12.5. The summed E-state index contributed by atoms with van der Waals surface area (Å²) < 4.78 is 26.5. The number of hydrogen-bond donors (Lipinski definition) is 2. The van der Waals surface area contributed by atoms with Gasteiger partial charge < -0.3 is 5.32 Å². The van der Waals surface area contributed by atoms with Crippen LogP contribution in [-0.2, 0) is 16.6 Å². The Balaban J connectivity index is 2.26. The predicted molar refractivity (Wildman–Crippen MR) is 94.5 cm³/mol. The highest BCUT2D eigenvalue weighted by Gasteiger charge is 2.19. The zero-order valence-corrected chi connectivity index (χ0v) is 15.1. The highest BCUT2D eigenvalue weighted by atomic mass is 32.2. The third-order valence-electron chi connectivity index (χ3n) is 3.95. The Hall–Kier alpha value is -2.69. The molecule has 0 aromatic heterocycles. The van der Waals surface area contributed by atoms with Crippen LogP contribution in [0.3, 0.4) is 0 Å². The molecule has 0 bridgehead atoms. The van der Waals surface area contributed by atoms with Crippen molar-refractivity contribution in [2.45, 2.75) is 25.3 Å². The van der Waals surface area contributed by atoms with Crippen LogP contribution in [0.2, 0.25) is 0 Å². The summed E-state index contributed by atoms with van der Waals surface area (Å²) in [5, 5.41) is 11.7. The monoisotopic (exact) mass is 357 g/mol. The van der Waals surface area contributed by atoms with Gasteiger partial charge in [-0.05, 0) is 61.9 Å². The number of hydrogen-bond acceptors (Lipinski definition) is 4. The smallest absolute Gasteiger partial charge is 0.251 e. The average molecular weight is 357 g/mol. The molecule has 0 radical (unpaired) electrons. The number of aryl methyl sites for hydroxylation is 1. The van der Waals surface area contributed by atoms with Crippen LogP contribution in [0.5, 0.6) is 0 Å². The molecular weight excluding hydrogens is 338 g/mol. The average Bonchev–Trinajstić information content (AvgIpc) is 2.61. The standard InChI is InChI=1S/C18H19N3O3S/c1-12-7-16(9-17(13(12)2)25(23,24)20-3)18(22)21-11-15-6-4-5-14(8-15)10-19/h4-9,20H,11H2,1-3H3,(H,21,22). The molecule has 0 heterocycles. The van der Waals surface area contributed by atoms with Crippen molar-refractivity contribution >= 4 is 15.9 Å². The second-order valence-corrected chi connectivity index (χ2v) is 7.47. The second-order valence-electron chi connectivity index (χ2n) is 5.62. The summed E-state index contributed by atoms with van der Waals surface area (Å²) in [6.45, 7) is 3.71. The fourth-order valence-electron chi connectivity index (χ4n) is 2.38. The first-order chi connectivity index (χ1) is 11.8. The van der Waals surface area contributed by atoms with E-state index in [2.05, 4.69) is 10.0 Å². The largest absolute Gasteiger partial charge is 0.348 e. The number of sulfonamides is 1. The molecule has 2 aromatic carbocycles. The SMILES string of the molecule is CNS(=O)(=O)c1cc(C(=O)NCc2cccc(C#N)c2)cc(C)c1C. The van der Waals surface area contributed by atoms with Crippen molar-refractivity contribution in [3.63, 3.8) is 0 Å². The summed E-state index contributed by atoms with van der Waals surface area (Å²) in [5.41, 5.74) is 2.90. The minimum Gasteiger partial charge on any atom is -0.348 e. The molecule has 25 heavy (non-hydrogen) atoms. The van der Waals surface area contributed by atoms with Crippen LogP contribution in [0.25, 0.3) is 0 Å². The lowest BCUT2D eigenvalue weighted by atomic mass is 10.1. The lowest BCUT2D eigenvalue weighted by Gasteiger charge is -2.12. The van der Waals surface area contributed by atoms with E-state index in [1.54, 1.807) is 44.2 Å². The van der Waals surface area contributed by atoms with Crippen molar-refractivity contribution in [1.29, 1.82) is 5.26 Å². The van der Waals surface area contributed by atoms with Crippen LogP contribution in [0.4, 0.5) is 0 Å². The maximum Gasteiger partial charge on any atom is 0.251 e. The molecule has 2 N–H and O–H groups in total. The number of amides is 1. The van der Waals surface area contributed by atoms with Gasteiger partial charge in [0.2, 0.25) is 10.0 Å². The van der Waals surface area contributed by atoms with Crippen molar-refractivity contribution in [2.75, 3.05) is 7.05 Å². The second kappa shape index (κ2) is 7.47. The van der Waals surface area contributed by atoms with E-state index in [1.165, 1.54) is 13.1 Å². The van der Waals surface area contributed by atoms with Gasteiger partial charge in [0.15, 0.2) is 0 Å². The van der Waals surface area contributed by atoms with Crippen molar-refractivity contribution in [3.8, 4) is 6.07 Å². The quantitative estimate of drug-likeness (QED) is 0.855. The van der Waals surface area contributed by atoms with Gasteiger partial charge in [0.05, 0.1) is 16.5 Å². The molecule has 6 nitrogen and oxygen atoms in total. The molecule has 7 heteroatoms. The van der Waals surface area contributed by atoms with Crippen molar-refractivity contribution in [1.82, 2.24) is 10.0 Å². The molecule has 0 saturated heterocycles. The molecule has 2 aromatic rings. The van der Waals surface area contributed by atoms with Gasteiger partial charge in [-0.25, -0.2) is 13.1 Å². The fourth-order valence-corrected chi connectivity index (χ4v) is 3.45. The number of nitrogens with one attached hydrogen (secondary N) is 2. The Morgan fingerprint density at radius 3 is 2.56 bits per heavy atom. The molecule has 2 rings (SSSR count). The van der Waals surface area contributed by atoms with E-state index in [9.17, 15) is 13.2 Å². The fraction of sp³-hybridized carbons (Fsp3) is 0.222. The van der Waals surface area contributed by atoms with Crippen LogP contribution in [0, 0.1) is 25.2 Å². The minimum atomic E-state index is -3.65. The van der Waals surface area contributed by atoms with Gasteiger partial charge in [0.1, 0.15) is 0 Å². The summed E-state index contributed by atoms with van der Waals surface area (Å²) in [5.74, 6) is -0.377. The molecule has 130 valence electrons. The van der Waals surface area contributed by atoms with E-state index >= 15 is 0 Å². The molecule has 0 fully saturated rings. The normalized spacial score (nSPS) is 11.0. The molecule has 0 atom stereocenters. The Bertz CT molecular complexity index is 960. The van der Waals surface area contributed by atoms with Crippen molar-refractivity contribution in [3.05, 3.63) is 64.2 Å². The van der Waals surface area contributed by atoms with Crippen LogP contribution in [-0.4, -0.2) is 21.4 Å². The van der Waals surface area contributed by atoms with E-state index in [0.717, 1.165) is 5.56 Å². The van der Waals surface area contributed by atoms with Gasteiger partial charge >= 0.3 is 0 Å². The topological polar surface area (TPSA) is 99.1 Å². The predicted octanol–water partition coefficient (Wildman–Crippen LogP) is 2.01. The zero-order valence-electron chi connectivity index (χ0n) is 14.3. The lowest BCUT2D eigenvalue weighted by molar-refractivity contribution is 0.0950. The molecule has 0 aliphatic rings.